The zero-order valence-corrected chi connectivity index (χ0v) is 11.7. The number of benzene rings is 1. The molecule has 1 rings (SSSR count). The van der Waals surface area contributed by atoms with Crippen molar-refractivity contribution < 1.29 is 0 Å². The summed E-state index contributed by atoms with van der Waals surface area (Å²) in [5.74, 6) is 0. The van der Waals surface area contributed by atoms with Gasteiger partial charge < -0.3 is 0 Å². The molecule has 42 valence electrons. The molecule has 0 aliphatic carbocycles. The molecule has 0 fully saturated rings. The van der Waals surface area contributed by atoms with Gasteiger partial charge in [-0.1, -0.05) is 6.07 Å². The predicted molar refractivity (Wildman–Crippen MR) is 34.4 cm³/mol. The summed E-state index contributed by atoms with van der Waals surface area (Å²) in [5, 5.41) is 0. The standard InChI is InChI=1S/C8H7.Rf/c1-2-8-6-4-3-5-7-8;/h3-7H,1H2;/q-1;. The first-order chi connectivity index (χ1) is 3.93. The SMILES string of the molecule is C=[C-]c1ccccc1.[Rf]. The molecule has 1 heteroatoms. The minimum atomic E-state index is 0. The molecule has 0 spiro atoms. The van der Waals surface area contributed by atoms with Gasteiger partial charge in [-0.3, -0.25) is 0 Å². The average molecular weight is 370 g/mol. The summed E-state index contributed by atoms with van der Waals surface area (Å²) in [4.78, 5) is 0. The summed E-state index contributed by atoms with van der Waals surface area (Å²) in [6, 6.07) is 9.84. The molecule has 0 aliphatic rings. The first-order valence-electron chi connectivity index (χ1n) is 2.51. The molecule has 0 aliphatic heterocycles. The summed E-state index contributed by atoms with van der Waals surface area (Å²) in [7, 11) is 0. The number of rotatable bonds is 1. The summed E-state index contributed by atoms with van der Waals surface area (Å²) in [5.41, 5.74) is 1.05. The van der Waals surface area contributed by atoms with Gasteiger partial charge in [0.05, 0.1) is 0 Å². The van der Waals surface area contributed by atoms with Crippen LogP contribution in [0.1, 0.15) is 5.56 Å². The van der Waals surface area contributed by atoms with Gasteiger partial charge in [-0.2, -0.15) is 30.4 Å². The second kappa shape index (κ2) is 3.03. The fourth-order valence-electron chi connectivity index (χ4n) is 0.556. The zero-order valence-electron chi connectivity index (χ0n) is 5.30. The Morgan fingerprint density at radius 3 is 2.00 bits per heavy atom. The monoisotopic (exact) mass is 370 g/mol. The van der Waals surface area contributed by atoms with Gasteiger partial charge in [0.1, 0.15) is 0 Å². The van der Waals surface area contributed by atoms with Crippen LogP contribution >= 0.6 is 0 Å². The number of hydrogen-bond donors (Lipinski definition) is 0. The van der Waals surface area contributed by atoms with Crippen molar-refractivity contribution in [1.82, 2.24) is 0 Å². The van der Waals surface area contributed by atoms with Crippen molar-refractivity contribution in [1.29, 1.82) is 0 Å². The third-order valence-corrected chi connectivity index (χ3v) is 0.978. The van der Waals surface area contributed by atoms with Crippen LogP contribution in [0.4, 0.5) is 0 Å². The van der Waals surface area contributed by atoms with Crippen molar-refractivity contribution in [2.75, 3.05) is 0 Å². The van der Waals surface area contributed by atoms with E-state index in [0.29, 0.717) is 0 Å². The maximum Gasteiger partial charge on any atom is 0 e. The molecule has 1 aromatic carbocycles. The van der Waals surface area contributed by atoms with Crippen molar-refractivity contribution in [2.24, 2.45) is 0 Å². The van der Waals surface area contributed by atoms with E-state index in [0.717, 1.165) is 5.56 Å². The molecule has 0 atom stereocenters. The molecule has 0 aromatic heterocycles. The van der Waals surface area contributed by atoms with Crippen LogP contribution in [0.25, 0.3) is 0 Å². The summed E-state index contributed by atoms with van der Waals surface area (Å²) in [6.07, 6.45) is 2.78. The van der Waals surface area contributed by atoms with Gasteiger partial charge in [0.15, 0.2) is 0 Å². The molecule has 0 radical (unpaired) electrons. The maximum atomic E-state index is 3.51. The Morgan fingerprint density at radius 1 is 1.11 bits per heavy atom. The molecular weight excluding hydrogens is 363 g/mol. The summed E-state index contributed by atoms with van der Waals surface area (Å²) in [6.45, 7) is 3.51. The molecular formula is C8H7Rf-. The Balaban J connectivity index is 0.000000640. The van der Waals surface area contributed by atoms with Crippen LogP contribution in [-0.2, 0) is 0 Å². The van der Waals surface area contributed by atoms with E-state index in [2.05, 4.69) is 12.7 Å². The quantitative estimate of drug-likeness (QED) is 0.664. The average Bonchev–Trinajstić information content (AvgIpc) is 1.90. The first-order valence-corrected chi connectivity index (χ1v) is 2.51. The smallest absolute Gasteiger partial charge is 0 e. The van der Waals surface area contributed by atoms with Gasteiger partial charge in [-0.25, -0.2) is 0 Å². The van der Waals surface area contributed by atoms with E-state index < -0.39 is 0 Å². The van der Waals surface area contributed by atoms with Gasteiger partial charge in [0, 0.05) is 0 Å². The van der Waals surface area contributed by atoms with Crippen LogP contribution in [-0.4, -0.2) is 0 Å². The van der Waals surface area contributed by atoms with Crippen molar-refractivity contribution in [2.45, 2.75) is 0 Å². The number of hydrogen-bond acceptors (Lipinski definition) is 0. The topological polar surface area (TPSA) is 0 Å². The van der Waals surface area contributed by atoms with Gasteiger partial charge >= 0.3 is 0 Å². The zero-order chi connectivity index (χ0) is 5.82. The Kier molecular flexibility index (Phi) is 2.34. The van der Waals surface area contributed by atoms with Crippen LogP contribution in [0.2, 0.25) is 0 Å². The van der Waals surface area contributed by atoms with Crippen molar-refractivity contribution >= 4 is 0 Å². The molecule has 0 N–H and O–H groups in total. The Morgan fingerprint density at radius 2 is 1.67 bits per heavy atom. The molecule has 0 nitrogen and oxygen atoms in total. The normalized spacial score (nSPS) is 7.56. The molecule has 0 heterocycles. The molecule has 0 saturated carbocycles. The van der Waals surface area contributed by atoms with Crippen LogP contribution in [0.3, 0.4) is 0 Å². The van der Waals surface area contributed by atoms with Crippen molar-refractivity contribution in [3.63, 3.8) is 0 Å². The Hall–Kier alpha value is -2.04. The molecule has 0 saturated heterocycles. The second-order valence-corrected chi connectivity index (χ2v) is 1.54. The van der Waals surface area contributed by atoms with E-state index in [1.807, 2.05) is 30.3 Å². The van der Waals surface area contributed by atoms with E-state index in [-0.39, 0.29) is 0 Å². The molecule has 0 unspecified atom stereocenters. The summed E-state index contributed by atoms with van der Waals surface area (Å²) >= 11 is 0. The largest absolute Gasteiger partial charge is 0.193 e. The van der Waals surface area contributed by atoms with Crippen LogP contribution in [0.5, 0.6) is 0 Å². The first kappa shape index (κ1) is 6.96. The van der Waals surface area contributed by atoms with Crippen molar-refractivity contribution in [3.05, 3.63) is 48.6 Å². The van der Waals surface area contributed by atoms with Crippen LogP contribution < -0.4 is 0 Å². The molecule has 9 heavy (non-hydrogen) atoms. The van der Waals surface area contributed by atoms with Crippen LogP contribution in [0, 0.1) is 6.08 Å². The maximum absolute atomic E-state index is 3.51. The predicted octanol–water partition coefficient (Wildman–Crippen LogP) is 2.02. The van der Waals surface area contributed by atoms with E-state index in [1.54, 1.807) is 0 Å². The minimum Gasteiger partial charge on any atom is -0.193 e. The van der Waals surface area contributed by atoms with Crippen molar-refractivity contribution in [3.8, 4) is 0 Å². The van der Waals surface area contributed by atoms with Gasteiger partial charge in [-0.05, 0) is 0 Å². The van der Waals surface area contributed by atoms with E-state index in [9.17, 15) is 0 Å². The van der Waals surface area contributed by atoms with Gasteiger partial charge in [0.2, 0.25) is 0 Å². The van der Waals surface area contributed by atoms with Gasteiger partial charge in [-0.15, -0.1) is 12.1 Å². The fourth-order valence-corrected chi connectivity index (χ4v) is 0.556. The fraction of sp³-hybridized carbons (Fsp3) is 0. The molecule has 0 amide bonds. The van der Waals surface area contributed by atoms with E-state index in [4.69, 9.17) is 0 Å². The van der Waals surface area contributed by atoms with Gasteiger partial charge in [0.25, 0.3) is 0 Å². The van der Waals surface area contributed by atoms with Crippen LogP contribution in [0.15, 0.2) is 36.9 Å². The minimum absolute atomic E-state index is 0. The Bertz CT molecular complexity index is 167. The van der Waals surface area contributed by atoms with E-state index in [1.165, 1.54) is 0 Å². The van der Waals surface area contributed by atoms with E-state index >= 15 is 0 Å². The molecule has 1 aromatic rings. The molecule has 0 bridgehead atoms. The second-order valence-electron chi connectivity index (χ2n) is 1.54. The third kappa shape index (κ3) is 1.48. The Labute approximate surface area is 49.5 Å². The summed E-state index contributed by atoms with van der Waals surface area (Å²) < 4.78 is 0. The third-order valence-electron chi connectivity index (χ3n) is 0.978.